The number of hydrogen-bond donors (Lipinski definition) is 1. The van der Waals surface area contributed by atoms with E-state index in [-0.39, 0.29) is 4.87 Å². The van der Waals surface area contributed by atoms with Crippen molar-refractivity contribution in [2.45, 2.75) is 13.8 Å². The van der Waals surface area contributed by atoms with Gasteiger partial charge in [-0.25, -0.2) is 4.79 Å². The van der Waals surface area contributed by atoms with Crippen LogP contribution in [0.4, 0.5) is 0 Å². The van der Waals surface area contributed by atoms with Gasteiger partial charge in [0.25, 0.3) is 0 Å². The molecule has 84 valence electrons. The molecule has 0 fully saturated rings. The number of fused-ring (bicyclic) bond motifs is 1. The van der Waals surface area contributed by atoms with Gasteiger partial charge in [0.05, 0.1) is 15.8 Å². The molecule has 0 bridgehead atoms. The molecule has 0 unspecified atom stereocenters. The van der Waals surface area contributed by atoms with Gasteiger partial charge in [0, 0.05) is 7.05 Å². The molecule has 1 N–H and O–H groups in total. The van der Waals surface area contributed by atoms with Crippen molar-refractivity contribution >= 4 is 27.5 Å². The summed E-state index contributed by atoms with van der Waals surface area (Å²) in [4.78, 5) is 22.6. The zero-order valence-electron chi connectivity index (χ0n) is 9.20. The summed E-state index contributed by atoms with van der Waals surface area (Å²) in [6.07, 6.45) is 0. The minimum atomic E-state index is -0.949. The van der Waals surface area contributed by atoms with E-state index in [1.54, 1.807) is 27.0 Å². The Balaban J connectivity index is 3.02. The summed E-state index contributed by atoms with van der Waals surface area (Å²) in [6, 6.07) is 1.76. The van der Waals surface area contributed by atoms with Crippen LogP contribution in [0.25, 0.3) is 10.2 Å². The van der Waals surface area contributed by atoms with Gasteiger partial charge in [-0.3, -0.25) is 4.79 Å². The average molecular weight is 237 g/mol. The first kappa shape index (κ1) is 10.9. The number of carbonyl (C=O) groups is 1. The van der Waals surface area contributed by atoms with Crippen molar-refractivity contribution in [1.29, 1.82) is 0 Å². The molecule has 1 heterocycles. The Kier molecular flexibility index (Phi) is 2.35. The number of carboxylic acids is 1. The number of aromatic carboxylic acids is 1. The maximum absolute atomic E-state index is 11.5. The highest BCUT2D eigenvalue weighted by atomic mass is 32.1. The predicted octanol–water partition coefficient (Wildman–Crippen LogP) is 1.92. The molecule has 4 nitrogen and oxygen atoms in total. The normalized spacial score (nSPS) is 10.9. The molecular weight excluding hydrogens is 226 g/mol. The van der Waals surface area contributed by atoms with Crippen LogP contribution in [0, 0.1) is 13.8 Å². The Bertz CT molecular complexity index is 651. The van der Waals surface area contributed by atoms with Crippen molar-refractivity contribution in [1.82, 2.24) is 4.57 Å². The van der Waals surface area contributed by atoms with Crippen LogP contribution in [-0.4, -0.2) is 15.6 Å². The lowest BCUT2D eigenvalue weighted by atomic mass is 10.0. The minimum absolute atomic E-state index is 0.0694. The predicted molar refractivity (Wildman–Crippen MR) is 63.5 cm³/mol. The van der Waals surface area contributed by atoms with Gasteiger partial charge in [-0.05, 0) is 31.0 Å². The van der Waals surface area contributed by atoms with Gasteiger partial charge in [0.2, 0.25) is 0 Å². The number of carboxylic acid groups (broad SMARTS) is 1. The molecule has 0 amide bonds. The molecule has 16 heavy (non-hydrogen) atoms. The van der Waals surface area contributed by atoms with Gasteiger partial charge in [0.15, 0.2) is 0 Å². The summed E-state index contributed by atoms with van der Waals surface area (Å²) < 4.78 is 2.34. The zero-order chi connectivity index (χ0) is 12.0. The molecule has 0 saturated carbocycles. The summed E-state index contributed by atoms with van der Waals surface area (Å²) in [5.74, 6) is -0.949. The van der Waals surface area contributed by atoms with Crippen molar-refractivity contribution in [2.24, 2.45) is 7.05 Å². The van der Waals surface area contributed by atoms with Crippen molar-refractivity contribution in [3.05, 3.63) is 32.4 Å². The maximum Gasteiger partial charge on any atom is 0.336 e. The molecule has 0 saturated heterocycles. The summed E-state index contributed by atoms with van der Waals surface area (Å²) in [6.45, 7) is 3.49. The van der Waals surface area contributed by atoms with Gasteiger partial charge >= 0.3 is 10.8 Å². The summed E-state index contributed by atoms with van der Waals surface area (Å²) in [5.41, 5.74) is 2.36. The van der Waals surface area contributed by atoms with E-state index in [9.17, 15) is 9.59 Å². The van der Waals surface area contributed by atoms with Gasteiger partial charge in [-0.1, -0.05) is 11.3 Å². The number of hydrogen-bond acceptors (Lipinski definition) is 3. The molecule has 0 atom stereocenters. The maximum atomic E-state index is 11.5. The van der Waals surface area contributed by atoms with E-state index in [4.69, 9.17) is 5.11 Å². The van der Waals surface area contributed by atoms with Crippen LogP contribution in [-0.2, 0) is 7.05 Å². The largest absolute Gasteiger partial charge is 0.478 e. The second kappa shape index (κ2) is 3.45. The lowest BCUT2D eigenvalue weighted by molar-refractivity contribution is 0.0695. The monoisotopic (exact) mass is 237 g/mol. The van der Waals surface area contributed by atoms with Crippen molar-refractivity contribution in [2.75, 3.05) is 0 Å². The fourth-order valence-electron chi connectivity index (χ4n) is 2.01. The fourth-order valence-corrected chi connectivity index (χ4v) is 3.05. The molecule has 2 rings (SSSR count). The minimum Gasteiger partial charge on any atom is -0.478 e. The number of nitrogens with zero attached hydrogens (tertiary/aromatic N) is 1. The van der Waals surface area contributed by atoms with Gasteiger partial charge in [-0.2, -0.15) is 0 Å². The lowest BCUT2D eigenvalue weighted by Crippen LogP contribution is -2.09. The van der Waals surface area contributed by atoms with Crippen LogP contribution in [0.3, 0.4) is 0 Å². The van der Waals surface area contributed by atoms with E-state index in [0.717, 1.165) is 21.6 Å². The highest BCUT2D eigenvalue weighted by molar-refractivity contribution is 7.16. The molecule has 1 aromatic heterocycles. The van der Waals surface area contributed by atoms with Crippen molar-refractivity contribution in [3.8, 4) is 0 Å². The second-order valence-electron chi connectivity index (χ2n) is 3.77. The number of thiazole rings is 1. The molecule has 0 aliphatic rings. The number of aromatic nitrogens is 1. The number of benzene rings is 1. The van der Waals surface area contributed by atoms with Crippen LogP contribution in [0.5, 0.6) is 0 Å². The molecule has 0 spiro atoms. The Morgan fingerprint density at radius 3 is 2.62 bits per heavy atom. The first-order valence-electron chi connectivity index (χ1n) is 4.76. The fraction of sp³-hybridized carbons (Fsp3) is 0.273. The van der Waals surface area contributed by atoms with Crippen LogP contribution in [0.2, 0.25) is 0 Å². The third kappa shape index (κ3) is 1.36. The van der Waals surface area contributed by atoms with E-state index in [0.29, 0.717) is 16.7 Å². The second-order valence-corrected chi connectivity index (χ2v) is 4.77. The average Bonchev–Trinajstić information content (AvgIpc) is 2.41. The van der Waals surface area contributed by atoms with E-state index >= 15 is 0 Å². The third-order valence-corrected chi connectivity index (χ3v) is 3.71. The zero-order valence-corrected chi connectivity index (χ0v) is 10.0. The summed E-state index contributed by atoms with van der Waals surface area (Å²) in [5, 5.41) is 9.12. The quantitative estimate of drug-likeness (QED) is 0.824. The summed E-state index contributed by atoms with van der Waals surface area (Å²) >= 11 is 1.14. The molecule has 0 radical (unpaired) electrons. The lowest BCUT2D eigenvalue weighted by Gasteiger charge is -2.07. The Hall–Kier alpha value is -1.62. The molecule has 2 aromatic rings. The molecule has 5 heteroatoms. The topological polar surface area (TPSA) is 59.3 Å². The van der Waals surface area contributed by atoms with E-state index in [1.165, 1.54) is 4.57 Å². The van der Waals surface area contributed by atoms with Gasteiger partial charge < -0.3 is 9.67 Å². The molecular formula is C11H11NO3S. The molecule has 1 aromatic carbocycles. The Morgan fingerprint density at radius 1 is 1.44 bits per heavy atom. The van der Waals surface area contributed by atoms with E-state index in [1.807, 2.05) is 0 Å². The van der Waals surface area contributed by atoms with Crippen molar-refractivity contribution in [3.63, 3.8) is 0 Å². The third-order valence-electron chi connectivity index (χ3n) is 2.73. The first-order chi connectivity index (χ1) is 7.43. The highest BCUT2D eigenvalue weighted by Crippen LogP contribution is 2.26. The van der Waals surface area contributed by atoms with E-state index in [2.05, 4.69) is 0 Å². The standard InChI is InChI=1S/C11H11NO3S/c1-5-4-7-9(12(3)11(15)16-7)6(2)8(5)10(13)14/h4H,1-3H3,(H,13,14). The first-order valence-corrected chi connectivity index (χ1v) is 5.58. The van der Waals surface area contributed by atoms with E-state index < -0.39 is 5.97 Å². The molecule has 0 aliphatic carbocycles. The van der Waals surface area contributed by atoms with Crippen molar-refractivity contribution < 1.29 is 9.90 Å². The number of aryl methyl sites for hydroxylation is 3. The SMILES string of the molecule is Cc1cc2sc(=O)n(C)c2c(C)c1C(=O)O. The summed E-state index contributed by atoms with van der Waals surface area (Å²) in [7, 11) is 1.66. The number of rotatable bonds is 1. The highest BCUT2D eigenvalue weighted by Gasteiger charge is 2.17. The van der Waals surface area contributed by atoms with Crippen LogP contribution >= 0.6 is 11.3 Å². The smallest absolute Gasteiger partial charge is 0.336 e. The molecule has 0 aliphatic heterocycles. The van der Waals surface area contributed by atoms with Crippen LogP contribution < -0.4 is 4.87 Å². The Morgan fingerprint density at radius 2 is 2.06 bits per heavy atom. The van der Waals surface area contributed by atoms with Gasteiger partial charge in [0.1, 0.15) is 0 Å². The van der Waals surface area contributed by atoms with Crippen LogP contribution in [0.1, 0.15) is 21.5 Å². The van der Waals surface area contributed by atoms with Gasteiger partial charge in [-0.15, -0.1) is 0 Å². The Labute approximate surface area is 95.8 Å². The van der Waals surface area contributed by atoms with Crippen LogP contribution in [0.15, 0.2) is 10.9 Å².